The number of carbonyl (C=O) groups is 1. The molecule has 3 heterocycles. The lowest BCUT2D eigenvalue weighted by Crippen LogP contribution is -2.31. The van der Waals surface area contributed by atoms with Gasteiger partial charge in [-0.25, -0.2) is 10.5 Å². The standard InChI is InChI=1S/C21H17N3O6S/c1-27-14-4-5-16-18(7-14)31-21-22-8-15(20(26)24(16)21)19(25)23-30-9-12-2-3-13-10-28-11-29-17(13)6-12/h2-8H,9-11H2,1H3,(H,23,25). The number of benzene rings is 2. The molecule has 0 saturated carbocycles. The van der Waals surface area contributed by atoms with E-state index < -0.39 is 11.5 Å². The van der Waals surface area contributed by atoms with E-state index >= 15 is 0 Å². The van der Waals surface area contributed by atoms with Crippen LogP contribution in [-0.4, -0.2) is 29.2 Å². The van der Waals surface area contributed by atoms with Crippen LogP contribution in [-0.2, 0) is 22.8 Å². The molecule has 9 nitrogen and oxygen atoms in total. The molecular formula is C21H17N3O6S. The number of nitrogens with one attached hydrogen (secondary N) is 1. The maximum Gasteiger partial charge on any atom is 0.282 e. The number of carbonyl (C=O) groups excluding carboxylic acids is 1. The summed E-state index contributed by atoms with van der Waals surface area (Å²) >= 11 is 1.34. The molecule has 0 atom stereocenters. The van der Waals surface area contributed by atoms with Gasteiger partial charge in [-0.3, -0.25) is 18.8 Å². The van der Waals surface area contributed by atoms with Gasteiger partial charge in [-0.2, -0.15) is 0 Å². The van der Waals surface area contributed by atoms with Gasteiger partial charge in [0.05, 0.1) is 30.5 Å². The summed E-state index contributed by atoms with van der Waals surface area (Å²) in [6.07, 6.45) is 1.26. The number of aromatic nitrogens is 2. The molecule has 0 spiro atoms. The number of thiazole rings is 1. The highest BCUT2D eigenvalue weighted by Gasteiger charge is 2.17. The predicted molar refractivity (Wildman–Crippen MR) is 112 cm³/mol. The van der Waals surface area contributed by atoms with Crippen molar-refractivity contribution >= 4 is 32.4 Å². The SMILES string of the molecule is COc1ccc2c(c1)sc1ncc(C(=O)NOCc3ccc4c(c3)OCOC4)c(=O)n12. The van der Waals surface area contributed by atoms with Crippen LogP contribution in [0, 0.1) is 0 Å². The monoisotopic (exact) mass is 439 g/mol. The van der Waals surface area contributed by atoms with Gasteiger partial charge in [-0.15, -0.1) is 0 Å². The number of hydrogen-bond donors (Lipinski definition) is 1. The summed E-state index contributed by atoms with van der Waals surface area (Å²) in [6.45, 7) is 0.815. The molecule has 0 saturated heterocycles. The summed E-state index contributed by atoms with van der Waals surface area (Å²) < 4.78 is 18.1. The predicted octanol–water partition coefficient (Wildman–Crippen LogP) is 2.65. The molecule has 0 radical (unpaired) electrons. The molecule has 31 heavy (non-hydrogen) atoms. The molecule has 158 valence electrons. The first kappa shape index (κ1) is 19.5. The fourth-order valence-electron chi connectivity index (χ4n) is 3.31. The van der Waals surface area contributed by atoms with Gasteiger partial charge in [-0.1, -0.05) is 23.5 Å². The van der Waals surface area contributed by atoms with Crippen molar-refractivity contribution in [3.8, 4) is 11.5 Å². The summed E-state index contributed by atoms with van der Waals surface area (Å²) in [5, 5.41) is 0. The second kappa shape index (κ2) is 7.99. The van der Waals surface area contributed by atoms with E-state index in [2.05, 4.69) is 10.5 Å². The number of methoxy groups -OCH3 is 1. The minimum Gasteiger partial charge on any atom is -0.497 e. The van der Waals surface area contributed by atoms with Crippen molar-refractivity contribution in [3.63, 3.8) is 0 Å². The third kappa shape index (κ3) is 3.61. The number of nitrogens with zero attached hydrogens (tertiary/aromatic N) is 2. The molecular weight excluding hydrogens is 422 g/mol. The van der Waals surface area contributed by atoms with Gasteiger partial charge in [0.25, 0.3) is 11.5 Å². The molecule has 1 amide bonds. The van der Waals surface area contributed by atoms with Gasteiger partial charge in [0.1, 0.15) is 17.1 Å². The molecule has 2 aromatic heterocycles. The molecule has 5 rings (SSSR count). The van der Waals surface area contributed by atoms with Crippen LogP contribution in [0.2, 0.25) is 0 Å². The van der Waals surface area contributed by atoms with Crippen molar-refractivity contribution in [2.24, 2.45) is 0 Å². The Morgan fingerprint density at radius 1 is 1.29 bits per heavy atom. The Bertz CT molecular complexity index is 1360. The first-order valence-electron chi connectivity index (χ1n) is 9.37. The lowest BCUT2D eigenvalue weighted by atomic mass is 10.1. The molecule has 0 unspecified atom stereocenters. The Morgan fingerprint density at radius 2 is 2.19 bits per heavy atom. The maximum atomic E-state index is 12.9. The number of hydrogen-bond acceptors (Lipinski definition) is 8. The zero-order valence-electron chi connectivity index (χ0n) is 16.4. The highest BCUT2D eigenvalue weighted by atomic mass is 32.1. The number of fused-ring (bicyclic) bond motifs is 4. The average molecular weight is 439 g/mol. The topological polar surface area (TPSA) is 100 Å². The van der Waals surface area contributed by atoms with E-state index in [9.17, 15) is 9.59 Å². The van der Waals surface area contributed by atoms with E-state index in [1.54, 1.807) is 19.2 Å². The largest absolute Gasteiger partial charge is 0.497 e. The Labute approximate surface area is 179 Å². The van der Waals surface area contributed by atoms with Crippen LogP contribution in [0.25, 0.3) is 15.2 Å². The van der Waals surface area contributed by atoms with Crippen LogP contribution in [0.15, 0.2) is 47.4 Å². The second-order valence-electron chi connectivity index (χ2n) is 6.80. The molecule has 1 aliphatic heterocycles. The Hall–Kier alpha value is -3.47. The maximum absolute atomic E-state index is 12.9. The Balaban J connectivity index is 1.34. The van der Waals surface area contributed by atoms with Crippen LogP contribution < -0.4 is 20.5 Å². The fourth-order valence-corrected chi connectivity index (χ4v) is 4.32. The van der Waals surface area contributed by atoms with Gasteiger partial charge in [0.2, 0.25) is 0 Å². The molecule has 0 bridgehead atoms. The first-order chi connectivity index (χ1) is 15.1. The van der Waals surface area contributed by atoms with Crippen molar-refractivity contribution in [1.82, 2.24) is 14.9 Å². The summed E-state index contributed by atoms with van der Waals surface area (Å²) in [5.41, 5.74) is 4.16. The van der Waals surface area contributed by atoms with E-state index in [1.165, 1.54) is 21.9 Å². The normalized spacial score (nSPS) is 13.1. The quantitative estimate of drug-likeness (QED) is 0.477. The van der Waals surface area contributed by atoms with Gasteiger partial charge in [0, 0.05) is 11.8 Å². The van der Waals surface area contributed by atoms with Gasteiger partial charge in [0.15, 0.2) is 11.8 Å². The summed E-state index contributed by atoms with van der Waals surface area (Å²) in [7, 11) is 1.58. The fraction of sp³-hybridized carbons (Fsp3) is 0.190. The highest BCUT2D eigenvalue weighted by molar-refractivity contribution is 7.23. The third-order valence-electron chi connectivity index (χ3n) is 4.87. The molecule has 10 heteroatoms. The van der Waals surface area contributed by atoms with Crippen LogP contribution in [0.1, 0.15) is 21.5 Å². The van der Waals surface area contributed by atoms with E-state index in [0.29, 0.717) is 22.8 Å². The van der Waals surface area contributed by atoms with Crippen molar-refractivity contribution in [2.75, 3.05) is 13.9 Å². The van der Waals surface area contributed by atoms with Crippen molar-refractivity contribution in [3.05, 3.63) is 69.6 Å². The van der Waals surface area contributed by atoms with Crippen LogP contribution >= 0.6 is 11.3 Å². The molecule has 1 N–H and O–H groups in total. The van der Waals surface area contributed by atoms with Crippen LogP contribution in [0.5, 0.6) is 11.5 Å². The average Bonchev–Trinajstić information content (AvgIpc) is 3.17. The smallest absolute Gasteiger partial charge is 0.282 e. The molecule has 4 aromatic rings. The highest BCUT2D eigenvalue weighted by Crippen LogP contribution is 2.28. The van der Waals surface area contributed by atoms with Crippen molar-refractivity contribution in [1.29, 1.82) is 0 Å². The van der Waals surface area contributed by atoms with Crippen molar-refractivity contribution < 1.29 is 23.8 Å². The summed E-state index contributed by atoms with van der Waals surface area (Å²) in [5.74, 6) is 0.744. The molecule has 1 aliphatic rings. The zero-order valence-corrected chi connectivity index (χ0v) is 17.2. The minimum atomic E-state index is -0.664. The van der Waals surface area contributed by atoms with Gasteiger partial charge < -0.3 is 14.2 Å². The van der Waals surface area contributed by atoms with Crippen molar-refractivity contribution in [2.45, 2.75) is 13.2 Å². The van der Waals surface area contributed by atoms with E-state index in [0.717, 1.165) is 21.6 Å². The third-order valence-corrected chi connectivity index (χ3v) is 5.89. The van der Waals surface area contributed by atoms with Gasteiger partial charge in [-0.05, 0) is 29.8 Å². The molecule has 0 aliphatic carbocycles. The lowest BCUT2D eigenvalue weighted by molar-refractivity contribution is -0.0167. The van der Waals surface area contributed by atoms with Gasteiger partial charge >= 0.3 is 0 Å². The van der Waals surface area contributed by atoms with E-state index in [-0.39, 0.29) is 19.0 Å². The van der Waals surface area contributed by atoms with Crippen LogP contribution in [0.4, 0.5) is 0 Å². The number of amides is 1. The Kier molecular flexibility index (Phi) is 5.02. The molecule has 0 fully saturated rings. The zero-order chi connectivity index (χ0) is 21.4. The first-order valence-corrected chi connectivity index (χ1v) is 10.2. The number of rotatable bonds is 5. The van der Waals surface area contributed by atoms with E-state index in [1.807, 2.05) is 24.3 Å². The van der Waals surface area contributed by atoms with E-state index in [4.69, 9.17) is 19.0 Å². The number of hydroxylamine groups is 1. The van der Waals surface area contributed by atoms with Crippen LogP contribution in [0.3, 0.4) is 0 Å². The molecule has 2 aromatic carbocycles. The lowest BCUT2D eigenvalue weighted by Gasteiger charge is -2.18. The summed E-state index contributed by atoms with van der Waals surface area (Å²) in [4.78, 5) is 35.6. The second-order valence-corrected chi connectivity index (χ2v) is 7.81. The Morgan fingerprint density at radius 3 is 3.06 bits per heavy atom. The minimum absolute atomic E-state index is 0.112. The summed E-state index contributed by atoms with van der Waals surface area (Å²) in [6, 6.07) is 10.9. The number of ether oxygens (including phenoxy) is 3.